The second-order valence-electron chi connectivity index (χ2n) is 7.46. The third-order valence-electron chi connectivity index (χ3n) is 4.96. The van der Waals surface area contributed by atoms with Crippen molar-refractivity contribution in [2.24, 2.45) is 16.9 Å². The molecule has 0 bridgehead atoms. The van der Waals surface area contributed by atoms with Crippen LogP contribution in [0.2, 0.25) is 0 Å². The summed E-state index contributed by atoms with van der Waals surface area (Å²) in [7, 11) is 0. The van der Waals surface area contributed by atoms with Gasteiger partial charge in [0.1, 0.15) is 0 Å². The number of benzene rings is 2. The van der Waals surface area contributed by atoms with Crippen LogP contribution in [0.15, 0.2) is 53.6 Å². The van der Waals surface area contributed by atoms with E-state index >= 15 is 0 Å². The predicted molar refractivity (Wildman–Crippen MR) is 103 cm³/mol. The maximum absolute atomic E-state index is 12.7. The number of carbonyl (C=O) groups is 1. The van der Waals surface area contributed by atoms with Crippen molar-refractivity contribution in [3.05, 3.63) is 70.8 Å². The monoisotopic (exact) mass is 334 g/mol. The lowest BCUT2D eigenvalue weighted by Gasteiger charge is -2.19. The van der Waals surface area contributed by atoms with Crippen LogP contribution in [-0.2, 0) is 10.2 Å². The molecule has 3 rings (SSSR count). The highest BCUT2D eigenvalue weighted by Gasteiger charge is 2.60. The molecule has 3 heteroatoms. The van der Waals surface area contributed by atoms with E-state index in [1.54, 1.807) is 6.21 Å². The zero-order chi connectivity index (χ0) is 18.0. The number of aryl methyl sites for hydroxylation is 2. The van der Waals surface area contributed by atoms with E-state index in [0.29, 0.717) is 5.92 Å². The van der Waals surface area contributed by atoms with Crippen molar-refractivity contribution in [3.63, 3.8) is 0 Å². The minimum Gasteiger partial charge on any atom is -0.273 e. The highest BCUT2D eigenvalue weighted by atomic mass is 16.2. The van der Waals surface area contributed by atoms with Crippen LogP contribution in [0.25, 0.3) is 0 Å². The molecule has 1 aliphatic carbocycles. The first-order chi connectivity index (χ1) is 11.9. The molecule has 25 heavy (non-hydrogen) atoms. The maximum Gasteiger partial charge on any atom is 0.244 e. The Hall–Kier alpha value is -2.42. The Morgan fingerprint density at radius 1 is 1.04 bits per heavy atom. The second kappa shape index (κ2) is 6.83. The van der Waals surface area contributed by atoms with Gasteiger partial charge in [0.25, 0.3) is 0 Å². The maximum atomic E-state index is 12.7. The van der Waals surface area contributed by atoms with Gasteiger partial charge in [-0.25, -0.2) is 5.43 Å². The molecule has 1 saturated carbocycles. The first kappa shape index (κ1) is 17.4. The first-order valence-corrected chi connectivity index (χ1v) is 8.91. The van der Waals surface area contributed by atoms with E-state index in [1.165, 1.54) is 22.3 Å². The number of carbonyl (C=O) groups excluding carboxylic acids is 1. The van der Waals surface area contributed by atoms with E-state index in [0.717, 1.165) is 6.42 Å². The van der Waals surface area contributed by atoms with Gasteiger partial charge in [0.2, 0.25) is 5.91 Å². The quantitative estimate of drug-likeness (QED) is 0.640. The summed E-state index contributed by atoms with van der Waals surface area (Å²) in [5.41, 5.74) is 7.35. The Kier molecular flexibility index (Phi) is 4.76. The molecular weight excluding hydrogens is 308 g/mol. The van der Waals surface area contributed by atoms with E-state index in [4.69, 9.17) is 0 Å². The smallest absolute Gasteiger partial charge is 0.244 e. The number of hydrogen-bond acceptors (Lipinski definition) is 2. The lowest BCUT2D eigenvalue weighted by Crippen LogP contribution is -2.25. The summed E-state index contributed by atoms with van der Waals surface area (Å²) in [5.74, 6) is 0.235. The molecule has 2 aromatic carbocycles. The Bertz CT molecular complexity index is 727. The van der Waals surface area contributed by atoms with Gasteiger partial charge in [0, 0.05) is 11.6 Å². The van der Waals surface area contributed by atoms with Gasteiger partial charge in [-0.1, -0.05) is 73.5 Å². The molecule has 0 radical (unpaired) electrons. The summed E-state index contributed by atoms with van der Waals surface area (Å²) < 4.78 is 0. The molecule has 1 unspecified atom stereocenters. The van der Waals surface area contributed by atoms with Gasteiger partial charge >= 0.3 is 0 Å². The minimum atomic E-state index is -0.237. The summed E-state index contributed by atoms with van der Waals surface area (Å²) >= 11 is 0. The van der Waals surface area contributed by atoms with Crippen molar-refractivity contribution in [1.82, 2.24) is 5.43 Å². The van der Waals surface area contributed by atoms with Crippen molar-refractivity contribution in [3.8, 4) is 0 Å². The Morgan fingerprint density at radius 2 is 1.52 bits per heavy atom. The van der Waals surface area contributed by atoms with Crippen LogP contribution < -0.4 is 5.43 Å². The Morgan fingerprint density at radius 3 is 1.96 bits per heavy atom. The zero-order valence-corrected chi connectivity index (χ0v) is 15.4. The second-order valence-corrected chi connectivity index (χ2v) is 7.46. The van der Waals surface area contributed by atoms with Crippen LogP contribution in [0.3, 0.4) is 0 Å². The fraction of sp³-hybridized carbons (Fsp3) is 0.364. The van der Waals surface area contributed by atoms with Crippen LogP contribution >= 0.6 is 0 Å². The van der Waals surface area contributed by atoms with E-state index in [9.17, 15) is 4.79 Å². The summed E-state index contributed by atoms with van der Waals surface area (Å²) in [6.07, 6.45) is 2.59. The highest BCUT2D eigenvalue weighted by molar-refractivity contribution is 5.86. The number of nitrogens with zero attached hydrogens (tertiary/aromatic N) is 1. The third-order valence-corrected chi connectivity index (χ3v) is 4.96. The summed E-state index contributed by atoms with van der Waals surface area (Å²) in [5, 5.41) is 4.09. The van der Waals surface area contributed by atoms with Crippen molar-refractivity contribution in [2.75, 3.05) is 0 Å². The fourth-order valence-electron chi connectivity index (χ4n) is 3.41. The van der Waals surface area contributed by atoms with Crippen molar-refractivity contribution in [2.45, 2.75) is 39.5 Å². The molecular formula is C22H26N2O. The fourth-order valence-corrected chi connectivity index (χ4v) is 3.41. The van der Waals surface area contributed by atoms with Crippen molar-refractivity contribution >= 4 is 12.1 Å². The summed E-state index contributed by atoms with van der Waals surface area (Å²) in [4.78, 5) is 12.7. The number of amides is 1. The molecule has 1 aliphatic rings. The van der Waals surface area contributed by atoms with E-state index in [2.05, 4.69) is 72.9 Å². The molecule has 0 aromatic heterocycles. The Labute approximate surface area is 150 Å². The van der Waals surface area contributed by atoms with Crippen molar-refractivity contribution < 1.29 is 4.79 Å². The largest absolute Gasteiger partial charge is 0.273 e. The van der Waals surface area contributed by atoms with Crippen LogP contribution in [-0.4, -0.2) is 12.1 Å². The predicted octanol–water partition coefficient (Wildman–Crippen LogP) is 4.37. The van der Waals surface area contributed by atoms with Gasteiger partial charge in [-0.05, 0) is 37.3 Å². The average Bonchev–Trinajstić information content (AvgIpc) is 3.32. The average molecular weight is 334 g/mol. The molecule has 0 heterocycles. The standard InChI is InChI=1S/C22H26N2O/c1-15(2)14-23-24-21(25)20-13-22(20,18-9-5-16(3)6-10-18)19-11-7-17(4)8-12-19/h5-12,14-15,20H,13H2,1-4H3,(H,24,25). The molecule has 0 saturated heterocycles. The number of hydrogen-bond donors (Lipinski definition) is 1. The van der Waals surface area contributed by atoms with E-state index in [1.807, 2.05) is 13.8 Å². The number of hydrazone groups is 1. The van der Waals surface area contributed by atoms with E-state index < -0.39 is 0 Å². The minimum absolute atomic E-state index is 0.00181. The normalized spacial score (nSPS) is 18.5. The molecule has 3 nitrogen and oxygen atoms in total. The van der Waals surface area contributed by atoms with Gasteiger partial charge in [0.05, 0.1) is 5.92 Å². The molecule has 0 aliphatic heterocycles. The van der Waals surface area contributed by atoms with Crippen LogP contribution in [0.4, 0.5) is 0 Å². The molecule has 1 fully saturated rings. The number of rotatable bonds is 5. The van der Waals surface area contributed by atoms with Gasteiger partial charge in [-0.15, -0.1) is 0 Å². The van der Waals surface area contributed by atoms with Gasteiger partial charge < -0.3 is 0 Å². The molecule has 1 amide bonds. The topological polar surface area (TPSA) is 41.5 Å². The molecule has 2 aromatic rings. The Balaban J connectivity index is 1.91. The molecule has 1 N–H and O–H groups in total. The summed E-state index contributed by atoms with van der Waals surface area (Å²) in [6.45, 7) is 8.24. The highest BCUT2D eigenvalue weighted by Crippen LogP contribution is 2.59. The molecule has 130 valence electrons. The van der Waals surface area contributed by atoms with Gasteiger partial charge in [-0.3, -0.25) is 4.79 Å². The lowest BCUT2D eigenvalue weighted by atomic mass is 9.85. The van der Waals surface area contributed by atoms with Crippen LogP contribution in [0, 0.1) is 25.7 Å². The zero-order valence-electron chi connectivity index (χ0n) is 15.4. The third kappa shape index (κ3) is 3.51. The first-order valence-electron chi connectivity index (χ1n) is 8.91. The lowest BCUT2D eigenvalue weighted by molar-refractivity contribution is -0.122. The molecule has 1 atom stereocenters. The molecule has 0 spiro atoms. The SMILES string of the molecule is Cc1ccc(C2(c3ccc(C)cc3)CC2C(=O)NN=CC(C)C)cc1. The van der Waals surface area contributed by atoms with E-state index in [-0.39, 0.29) is 17.2 Å². The number of nitrogens with one attached hydrogen (secondary N) is 1. The van der Waals surface area contributed by atoms with Crippen LogP contribution in [0.1, 0.15) is 42.5 Å². The van der Waals surface area contributed by atoms with Gasteiger partial charge in [0.15, 0.2) is 0 Å². The van der Waals surface area contributed by atoms with Crippen molar-refractivity contribution in [1.29, 1.82) is 0 Å². The van der Waals surface area contributed by atoms with Crippen LogP contribution in [0.5, 0.6) is 0 Å². The van der Waals surface area contributed by atoms with Gasteiger partial charge in [-0.2, -0.15) is 5.10 Å². The summed E-state index contributed by atoms with van der Waals surface area (Å²) in [6, 6.07) is 17.1.